The number of carboxylic acid groups (broad SMARTS) is 1. The summed E-state index contributed by atoms with van der Waals surface area (Å²) in [7, 11) is -3.54. The Morgan fingerprint density at radius 1 is 1.15 bits per heavy atom. The van der Waals surface area contributed by atoms with Crippen LogP contribution in [0.3, 0.4) is 0 Å². The number of carboxylic acids is 1. The third-order valence-corrected chi connectivity index (χ3v) is 4.63. The van der Waals surface area contributed by atoms with E-state index in [0.29, 0.717) is 0 Å². The first kappa shape index (κ1) is 12.4. The highest BCUT2D eigenvalue weighted by Gasteiger charge is 2.37. The molecule has 0 radical (unpaired) electrons. The first-order valence-electron chi connectivity index (χ1n) is 4.16. The molecule has 0 saturated heterocycles. The van der Waals surface area contributed by atoms with Gasteiger partial charge in [-0.05, 0) is 19.8 Å². The Morgan fingerprint density at radius 2 is 1.54 bits per heavy atom. The van der Waals surface area contributed by atoms with Gasteiger partial charge in [0.05, 0.1) is 5.25 Å². The monoisotopic (exact) mass is 208 g/mol. The zero-order chi connectivity index (χ0) is 10.8. The van der Waals surface area contributed by atoms with Crippen molar-refractivity contribution in [1.82, 2.24) is 0 Å². The van der Waals surface area contributed by atoms with Gasteiger partial charge in [-0.15, -0.1) is 0 Å². The predicted octanol–water partition coefficient (Wildman–Crippen LogP) is 0.919. The van der Waals surface area contributed by atoms with Crippen molar-refractivity contribution in [3.05, 3.63) is 0 Å². The Balaban J connectivity index is 5.09. The highest BCUT2D eigenvalue weighted by molar-refractivity contribution is 7.93. The van der Waals surface area contributed by atoms with Crippen LogP contribution in [-0.4, -0.2) is 30.0 Å². The van der Waals surface area contributed by atoms with Crippen LogP contribution in [0.1, 0.15) is 27.7 Å². The van der Waals surface area contributed by atoms with Gasteiger partial charge in [0.1, 0.15) is 0 Å². The lowest BCUT2D eigenvalue weighted by Gasteiger charge is -2.18. The molecule has 5 heteroatoms. The molecule has 0 aromatic heterocycles. The van der Waals surface area contributed by atoms with Gasteiger partial charge < -0.3 is 5.11 Å². The fourth-order valence-corrected chi connectivity index (χ4v) is 2.72. The Labute approximate surface area is 78.9 Å². The molecule has 1 atom stereocenters. The third-order valence-electron chi connectivity index (χ3n) is 1.86. The van der Waals surface area contributed by atoms with E-state index in [0.717, 1.165) is 0 Å². The maximum absolute atomic E-state index is 11.5. The second-order valence-electron chi connectivity index (χ2n) is 3.64. The average molecular weight is 208 g/mol. The third kappa shape index (κ3) is 2.69. The average Bonchev–Trinajstić information content (AvgIpc) is 1.82. The van der Waals surface area contributed by atoms with Gasteiger partial charge >= 0.3 is 5.97 Å². The number of carbonyl (C=O) groups is 1. The summed E-state index contributed by atoms with van der Waals surface area (Å²) in [5.41, 5.74) is 0. The van der Waals surface area contributed by atoms with Crippen LogP contribution in [0.25, 0.3) is 0 Å². The van der Waals surface area contributed by atoms with Crippen molar-refractivity contribution in [2.75, 3.05) is 0 Å². The zero-order valence-electron chi connectivity index (χ0n) is 8.31. The number of sulfone groups is 1. The minimum absolute atomic E-state index is 0.398. The van der Waals surface area contributed by atoms with Crippen LogP contribution in [0.2, 0.25) is 0 Å². The van der Waals surface area contributed by atoms with Crippen LogP contribution in [0.5, 0.6) is 0 Å². The van der Waals surface area contributed by atoms with E-state index in [4.69, 9.17) is 5.11 Å². The van der Waals surface area contributed by atoms with E-state index in [-0.39, 0.29) is 0 Å². The lowest BCUT2D eigenvalue weighted by Crippen LogP contribution is -2.39. The molecule has 0 aromatic carbocycles. The molecule has 0 spiro atoms. The fraction of sp³-hybridized carbons (Fsp3) is 0.875. The molecule has 1 unspecified atom stereocenters. The SMILES string of the molecule is CC(C)C(C(=O)O)S(=O)(=O)C(C)C. The summed E-state index contributed by atoms with van der Waals surface area (Å²) in [5.74, 6) is -1.66. The topological polar surface area (TPSA) is 71.4 Å². The van der Waals surface area contributed by atoms with Gasteiger partial charge in [-0.25, -0.2) is 8.42 Å². The van der Waals surface area contributed by atoms with Crippen molar-refractivity contribution in [1.29, 1.82) is 0 Å². The summed E-state index contributed by atoms with van der Waals surface area (Å²) < 4.78 is 23.1. The van der Waals surface area contributed by atoms with Crippen molar-refractivity contribution >= 4 is 15.8 Å². The molecule has 0 bridgehead atoms. The Bertz CT molecular complexity index is 277. The fourth-order valence-electron chi connectivity index (χ4n) is 1.10. The minimum atomic E-state index is -3.54. The van der Waals surface area contributed by atoms with Gasteiger partial charge in [0.25, 0.3) is 0 Å². The minimum Gasteiger partial charge on any atom is -0.480 e. The highest BCUT2D eigenvalue weighted by Crippen LogP contribution is 2.17. The molecule has 0 heterocycles. The molecule has 4 nitrogen and oxygen atoms in total. The predicted molar refractivity (Wildman–Crippen MR) is 50.3 cm³/mol. The molecule has 78 valence electrons. The van der Waals surface area contributed by atoms with Crippen LogP contribution in [0.15, 0.2) is 0 Å². The van der Waals surface area contributed by atoms with E-state index in [1.165, 1.54) is 13.8 Å². The van der Waals surface area contributed by atoms with Gasteiger partial charge in [0, 0.05) is 0 Å². The summed E-state index contributed by atoms with van der Waals surface area (Å²) >= 11 is 0. The number of hydrogen-bond donors (Lipinski definition) is 1. The molecular weight excluding hydrogens is 192 g/mol. The van der Waals surface area contributed by atoms with E-state index in [2.05, 4.69) is 0 Å². The van der Waals surface area contributed by atoms with E-state index < -0.39 is 32.2 Å². The van der Waals surface area contributed by atoms with Gasteiger partial charge in [0.2, 0.25) is 0 Å². The second kappa shape index (κ2) is 4.09. The normalized spacial score (nSPS) is 14.9. The van der Waals surface area contributed by atoms with Gasteiger partial charge in [-0.1, -0.05) is 13.8 Å². The van der Waals surface area contributed by atoms with Crippen LogP contribution in [0.4, 0.5) is 0 Å². The summed E-state index contributed by atoms with van der Waals surface area (Å²) in [6.07, 6.45) is 0. The molecule has 0 rings (SSSR count). The second-order valence-corrected chi connectivity index (χ2v) is 6.27. The van der Waals surface area contributed by atoms with E-state index in [1.54, 1.807) is 13.8 Å². The molecule has 1 N–H and O–H groups in total. The molecule has 0 saturated carbocycles. The van der Waals surface area contributed by atoms with Crippen LogP contribution in [-0.2, 0) is 14.6 Å². The summed E-state index contributed by atoms with van der Waals surface area (Å²) in [6.45, 7) is 6.18. The van der Waals surface area contributed by atoms with Crippen LogP contribution in [0, 0.1) is 5.92 Å². The molecular formula is C8H16O4S. The lowest BCUT2D eigenvalue weighted by molar-refractivity contribution is -0.137. The molecule has 13 heavy (non-hydrogen) atoms. The van der Waals surface area contributed by atoms with Gasteiger partial charge in [-0.3, -0.25) is 4.79 Å². The Kier molecular flexibility index (Phi) is 3.90. The first-order valence-corrected chi connectivity index (χ1v) is 5.77. The molecule has 0 fully saturated rings. The number of aliphatic carboxylic acids is 1. The summed E-state index contributed by atoms with van der Waals surface area (Å²) in [5, 5.41) is 6.82. The van der Waals surface area contributed by atoms with Crippen molar-refractivity contribution in [3.63, 3.8) is 0 Å². The van der Waals surface area contributed by atoms with E-state index >= 15 is 0 Å². The lowest BCUT2D eigenvalue weighted by atomic mass is 10.1. The largest absolute Gasteiger partial charge is 0.480 e. The molecule has 0 aliphatic rings. The van der Waals surface area contributed by atoms with Crippen molar-refractivity contribution < 1.29 is 18.3 Å². The van der Waals surface area contributed by atoms with Crippen molar-refractivity contribution in [2.24, 2.45) is 5.92 Å². The number of hydrogen-bond acceptors (Lipinski definition) is 3. The standard InChI is InChI=1S/C8H16O4S/c1-5(2)7(8(9)10)13(11,12)6(3)4/h5-7H,1-4H3,(H,9,10). The summed E-state index contributed by atoms with van der Waals surface area (Å²) in [6, 6.07) is 0. The van der Waals surface area contributed by atoms with Crippen LogP contribution < -0.4 is 0 Å². The van der Waals surface area contributed by atoms with E-state index in [1.807, 2.05) is 0 Å². The smallest absolute Gasteiger partial charge is 0.322 e. The van der Waals surface area contributed by atoms with Crippen LogP contribution >= 0.6 is 0 Å². The molecule has 0 amide bonds. The zero-order valence-corrected chi connectivity index (χ0v) is 9.13. The molecule has 0 aromatic rings. The Morgan fingerprint density at radius 3 is 1.62 bits per heavy atom. The van der Waals surface area contributed by atoms with Gasteiger partial charge in [-0.2, -0.15) is 0 Å². The summed E-state index contributed by atoms with van der Waals surface area (Å²) in [4.78, 5) is 10.7. The quantitative estimate of drug-likeness (QED) is 0.745. The highest BCUT2D eigenvalue weighted by atomic mass is 32.2. The maximum atomic E-state index is 11.5. The van der Waals surface area contributed by atoms with E-state index in [9.17, 15) is 13.2 Å². The number of rotatable bonds is 4. The van der Waals surface area contributed by atoms with Gasteiger partial charge in [0.15, 0.2) is 15.1 Å². The van der Waals surface area contributed by atoms with Crippen molar-refractivity contribution in [2.45, 2.75) is 38.2 Å². The molecule has 0 aliphatic carbocycles. The maximum Gasteiger partial charge on any atom is 0.322 e. The first-order chi connectivity index (χ1) is 5.71. The molecule has 0 aliphatic heterocycles. The van der Waals surface area contributed by atoms with Crippen molar-refractivity contribution in [3.8, 4) is 0 Å². The Hall–Kier alpha value is -0.580.